The van der Waals surface area contributed by atoms with E-state index in [-0.39, 0.29) is 11.7 Å². The zero-order valence-corrected chi connectivity index (χ0v) is 12.9. The van der Waals surface area contributed by atoms with Crippen LogP contribution < -0.4 is 10.1 Å². The van der Waals surface area contributed by atoms with E-state index in [0.717, 1.165) is 16.9 Å². The van der Waals surface area contributed by atoms with Gasteiger partial charge in [0.25, 0.3) is 0 Å². The average molecular weight is 301 g/mol. The molecule has 22 heavy (non-hydrogen) atoms. The Labute approximate surface area is 130 Å². The van der Waals surface area contributed by atoms with Gasteiger partial charge in [-0.2, -0.15) is 0 Å². The van der Waals surface area contributed by atoms with Crippen LogP contribution in [-0.2, 0) is 4.79 Å². The van der Waals surface area contributed by atoms with Crippen molar-refractivity contribution in [3.63, 3.8) is 0 Å². The van der Waals surface area contributed by atoms with Gasteiger partial charge in [-0.25, -0.2) is 4.39 Å². The van der Waals surface area contributed by atoms with E-state index in [2.05, 4.69) is 5.32 Å². The second-order valence-corrected chi connectivity index (χ2v) is 5.28. The zero-order chi connectivity index (χ0) is 15.9. The number of rotatable bonds is 6. The van der Waals surface area contributed by atoms with Gasteiger partial charge in [0.2, 0.25) is 5.91 Å². The van der Waals surface area contributed by atoms with E-state index in [1.807, 2.05) is 38.1 Å². The molecular weight excluding hydrogens is 281 g/mol. The van der Waals surface area contributed by atoms with Gasteiger partial charge in [-0.3, -0.25) is 4.79 Å². The molecule has 0 aliphatic heterocycles. The molecule has 0 aliphatic carbocycles. The normalized spacial score (nSPS) is 10.3. The lowest BCUT2D eigenvalue weighted by atomic mass is 10.2. The Morgan fingerprint density at radius 1 is 1.18 bits per heavy atom. The van der Waals surface area contributed by atoms with Crippen LogP contribution in [0.25, 0.3) is 0 Å². The van der Waals surface area contributed by atoms with Crippen molar-refractivity contribution in [1.82, 2.24) is 0 Å². The van der Waals surface area contributed by atoms with Gasteiger partial charge >= 0.3 is 0 Å². The fourth-order valence-corrected chi connectivity index (χ4v) is 2.07. The molecule has 0 fully saturated rings. The first-order chi connectivity index (χ1) is 10.5. The van der Waals surface area contributed by atoms with Crippen molar-refractivity contribution in [1.29, 1.82) is 0 Å². The molecule has 0 spiro atoms. The molecule has 4 heteroatoms. The summed E-state index contributed by atoms with van der Waals surface area (Å²) in [6.07, 6.45) is 0.940. The van der Waals surface area contributed by atoms with Crippen LogP contribution in [0.3, 0.4) is 0 Å². The van der Waals surface area contributed by atoms with E-state index in [4.69, 9.17) is 4.74 Å². The molecule has 0 saturated carbocycles. The topological polar surface area (TPSA) is 38.3 Å². The predicted molar refractivity (Wildman–Crippen MR) is 85.7 cm³/mol. The monoisotopic (exact) mass is 301 g/mol. The van der Waals surface area contributed by atoms with Crippen molar-refractivity contribution in [2.45, 2.75) is 26.7 Å². The predicted octanol–water partition coefficient (Wildman–Crippen LogP) is 4.24. The highest BCUT2D eigenvalue weighted by Gasteiger charge is 2.06. The molecule has 0 unspecified atom stereocenters. The van der Waals surface area contributed by atoms with E-state index in [9.17, 15) is 9.18 Å². The standard InChI is InChI=1S/C18H20FNO2/c1-13-5-3-6-16(11-13)22-10-4-7-18(21)20-17-12-15(19)9-8-14(17)2/h3,5-6,8-9,11-12H,4,7,10H2,1-2H3,(H,20,21). The van der Waals surface area contributed by atoms with Crippen LogP contribution in [0, 0.1) is 19.7 Å². The second kappa shape index (κ2) is 7.59. The molecule has 2 aromatic carbocycles. The summed E-state index contributed by atoms with van der Waals surface area (Å²) in [5.74, 6) is 0.312. The molecule has 1 amide bonds. The number of nitrogens with one attached hydrogen (secondary N) is 1. The molecule has 0 atom stereocenters. The van der Waals surface area contributed by atoms with Crippen LogP contribution in [0.4, 0.5) is 10.1 Å². The molecule has 0 saturated heterocycles. The smallest absolute Gasteiger partial charge is 0.224 e. The lowest BCUT2D eigenvalue weighted by molar-refractivity contribution is -0.116. The zero-order valence-electron chi connectivity index (χ0n) is 12.9. The number of hydrogen-bond acceptors (Lipinski definition) is 2. The quantitative estimate of drug-likeness (QED) is 0.810. The maximum Gasteiger partial charge on any atom is 0.224 e. The summed E-state index contributed by atoms with van der Waals surface area (Å²) in [5.41, 5.74) is 2.49. The van der Waals surface area contributed by atoms with E-state index >= 15 is 0 Å². The van der Waals surface area contributed by atoms with E-state index in [0.29, 0.717) is 25.1 Å². The van der Waals surface area contributed by atoms with Crippen LogP contribution >= 0.6 is 0 Å². The Morgan fingerprint density at radius 2 is 2.00 bits per heavy atom. The summed E-state index contributed by atoms with van der Waals surface area (Å²) in [6, 6.07) is 12.1. The second-order valence-electron chi connectivity index (χ2n) is 5.28. The number of ether oxygens (including phenoxy) is 1. The summed E-state index contributed by atoms with van der Waals surface area (Å²) < 4.78 is 18.7. The maximum absolute atomic E-state index is 13.2. The third-order valence-electron chi connectivity index (χ3n) is 3.28. The molecule has 3 nitrogen and oxygen atoms in total. The number of carbonyl (C=O) groups is 1. The highest BCUT2D eigenvalue weighted by Crippen LogP contribution is 2.16. The SMILES string of the molecule is Cc1cccc(OCCCC(=O)Nc2cc(F)ccc2C)c1. The van der Waals surface area contributed by atoms with Gasteiger partial charge in [-0.1, -0.05) is 18.2 Å². The Kier molecular flexibility index (Phi) is 5.53. The summed E-state index contributed by atoms with van der Waals surface area (Å²) >= 11 is 0. The lowest BCUT2D eigenvalue weighted by Crippen LogP contribution is -2.13. The highest BCUT2D eigenvalue weighted by molar-refractivity contribution is 5.91. The third-order valence-corrected chi connectivity index (χ3v) is 3.28. The Balaban J connectivity index is 1.75. The number of carbonyl (C=O) groups excluding carboxylic acids is 1. The first kappa shape index (κ1) is 16.0. The van der Waals surface area contributed by atoms with Crippen molar-refractivity contribution in [3.8, 4) is 5.75 Å². The Bertz CT molecular complexity index is 655. The number of amides is 1. The van der Waals surface area contributed by atoms with Gasteiger partial charge < -0.3 is 10.1 Å². The molecule has 0 bridgehead atoms. The van der Waals surface area contributed by atoms with Crippen LogP contribution in [0.1, 0.15) is 24.0 Å². The number of hydrogen-bond donors (Lipinski definition) is 1. The van der Waals surface area contributed by atoms with Gasteiger partial charge in [0, 0.05) is 12.1 Å². The van der Waals surface area contributed by atoms with Gasteiger partial charge in [-0.15, -0.1) is 0 Å². The van der Waals surface area contributed by atoms with Crippen molar-refractivity contribution < 1.29 is 13.9 Å². The molecule has 2 rings (SSSR count). The minimum atomic E-state index is -0.358. The Morgan fingerprint density at radius 3 is 2.77 bits per heavy atom. The molecule has 2 aromatic rings. The fourth-order valence-electron chi connectivity index (χ4n) is 2.07. The van der Waals surface area contributed by atoms with Gasteiger partial charge in [0.15, 0.2) is 0 Å². The summed E-state index contributed by atoms with van der Waals surface area (Å²) in [6.45, 7) is 4.30. The van der Waals surface area contributed by atoms with Crippen LogP contribution in [0.15, 0.2) is 42.5 Å². The minimum absolute atomic E-state index is 0.137. The fraction of sp³-hybridized carbons (Fsp3) is 0.278. The van der Waals surface area contributed by atoms with Crippen molar-refractivity contribution in [2.24, 2.45) is 0 Å². The van der Waals surface area contributed by atoms with E-state index < -0.39 is 0 Å². The first-order valence-corrected chi connectivity index (χ1v) is 7.30. The molecule has 116 valence electrons. The van der Waals surface area contributed by atoms with Gasteiger partial charge in [0.1, 0.15) is 11.6 Å². The molecule has 0 heterocycles. The van der Waals surface area contributed by atoms with E-state index in [1.165, 1.54) is 12.1 Å². The number of benzene rings is 2. The number of aryl methyl sites for hydroxylation is 2. The summed E-state index contributed by atoms with van der Waals surface area (Å²) in [7, 11) is 0. The molecular formula is C18H20FNO2. The molecule has 1 N–H and O–H groups in total. The maximum atomic E-state index is 13.2. The third kappa shape index (κ3) is 4.88. The summed E-state index contributed by atoms with van der Waals surface area (Å²) in [4.78, 5) is 11.9. The number of anilines is 1. The van der Waals surface area contributed by atoms with Gasteiger partial charge in [-0.05, 0) is 55.7 Å². The highest BCUT2D eigenvalue weighted by atomic mass is 19.1. The lowest BCUT2D eigenvalue weighted by Gasteiger charge is -2.09. The first-order valence-electron chi connectivity index (χ1n) is 7.30. The van der Waals surface area contributed by atoms with Crippen LogP contribution in [0.2, 0.25) is 0 Å². The van der Waals surface area contributed by atoms with Crippen LogP contribution in [-0.4, -0.2) is 12.5 Å². The molecule has 0 aromatic heterocycles. The average Bonchev–Trinajstić information content (AvgIpc) is 2.48. The number of halogens is 1. The largest absolute Gasteiger partial charge is 0.494 e. The van der Waals surface area contributed by atoms with Crippen molar-refractivity contribution >= 4 is 11.6 Å². The van der Waals surface area contributed by atoms with Crippen LogP contribution in [0.5, 0.6) is 5.75 Å². The van der Waals surface area contributed by atoms with Crippen molar-refractivity contribution in [2.75, 3.05) is 11.9 Å². The van der Waals surface area contributed by atoms with Crippen molar-refractivity contribution in [3.05, 3.63) is 59.4 Å². The van der Waals surface area contributed by atoms with E-state index in [1.54, 1.807) is 6.07 Å². The molecule has 0 radical (unpaired) electrons. The Hall–Kier alpha value is -2.36. The minimum Gasteiger partial charge on any atom is -0.494 e. The van der Waals surface area contributed by atoms with Gasteiger partial charge in [0.05, 0.1) is 6.61 Å². The summed E-state index contributed by atoms with van der Waals surface area (Å²) in [5, 5.41) is 2.72. The molecule has 0 aliphatic rings.